The number of carbonyl (C=O) groups is 3. The number of urea groups is 1. The number of anilines is 2. The molecule has 0 unspecified atom stereocenters. The number of aldehydes is 1. The highest BCUT2D eigenvalue weighted by molar-refractivity contribution is 6.01. The first-order chi connectivity index (χ1) is 20.2. The molecular weight excluding hydrogens is 553 g/mol. The number of fused-ring (bicyclic) bond motifs is 1. The van der Waals surface area contributed by atoms with Crippen molar-refractivity contribution >= 4 is 35.2 Å². The minimum absolute atomic E-state index is 0.116. The van der Waals surface area contributed by atoms with Gasteiger partial charge in [0, 0.05) is 17.4 Å². The van der Waals surface area contributed by atoms with Crippen LogP contribution in [0.15, 0.2) is 66.9 Å². The number of nitrogens with one attached hydrogen (secondary N) is 3. The van der Waals surface area contributed by atoms with E-state index in [1.54, 1.807) is 47.0 Å². The molecule has 4 aromatic rings. The van der Waals surface area contributed by atoms with E-state index >= 15 is 0 Å². The Morgan fingerprint density at radius 1 is 0.952 bits per heavy atom. The van der Waals surface area contributed by atoms with Crippen molar-refractivity contribution in [1.82, 2.24) is 19.9 Å². The zero-order valence-electron chi connectivity index (χ0n) is 22.2. The van der Waals surface area contributed by atoms with E-state index in [0.717, 1.165) is 44.5 Å². The maximum Gasteiger partial charge on any atom is 0.573 e. The second-order valence-electron chi connectivity index (χ2n) is 9.87. The van der Waals surface area contributed by atoms with Crippen LogP contribution < -0.4 is 20.7 Å². The zero-order chi connectivity index (χ0) is 29.7. The monoisotopic (exact) mass is 580 g/mol. The Bertz CT molecular complexity index is 1580. The van der Waals surface area contributed by atoms with Crippen molar-refractivity contribution < 1.29 is 32.3 Å². The van der Waals surface area contributed by atoms with Gasteiger partial charge in [-0.3, -0.25) is 9.20 Å². The van der Waals surface area contributed by atoms with Crippen LogP contribution in [-0.2, 0) is 4.79 Å². The first-order valence-corrected chi connectivity index (χ1v) is 13.3. The smallest absolute Gasteiger partial charge is 0.404 e. The molecule has 2 aromatic heterocycles. The normalized spacial score (nSPS) is 14.6. The number of ether oxygens (including phenoxy) is 1. The van der Waals surface area contributed by atoms with Crippen LogP contribution in [0.25, 0.3) is 17.0 Å². The third-order valence-corrected chi connectivity index (χ3v) is 7.04. The molecule has 3 N–H and O–H groups in total. The molecule has 0 aliphatic heterocycles. The van der Waals surface area contributed by atoms with Crippen LogP contribution in [0.1, 0.15) is 42.5 Å². The highest BCUT2D eigenvalue weighted by atomic mass is 19.4. The average Bonchev–Trinajstić information content (AvgIpc) is 3.41. The Morgan fingerprint density at radius 3 is 2.40 bits per heavy atom. The van der Waals surface area contributed by atoms with Crippen LogP contribution in [-0.4, -0.2) is 45.2 Å². The molecule has 218 valence electrons. The lowest BCUT2D eigenvalue weighted by Crippen LogP contribution is -2.42. The van der Waals surface area contributed by atoms with Crippen LogP contribution in [0.5, 0.6) is 5.75 Å². The number of hydrogen-bond acceptors (Lipinski definition) is 6. The van der Waals surface area contributed by atoms with Crippen LogP contribution in [0, 0.1) is 5.92 Å². The average molecular weight is 581 g/mol. The van der Waals surface area contributed by atoms with Crippen LogP contribution in [0.3, 0.4) is 0 Å². The number of benzene rings is 2. The molecule has 1 saturated carbocycles. The van der Waals surface area contributed by atoms with E-state index < -0.39 is 30.1 Å². The Labute approximate surface area is 238 Å². The number of pyridine rings is 1. The van der Waals surface area contributed by atoms with E-state index in [4.69, 9.17) is 0 Å². The summed E-state index contributed by atoms with van der Waals surface area (Å²) in [4.78, 5) is 37.3. The Morgan fingerprint density at radius 2 is 1.69 bits per heavy atom. The molecule has 1 aliphatic rings. The number of rotatable bonds is 8. The molecule has 1 atom stereocenters. The maximum absolute atomic E-state index is 13.1. The van der Waals surface area contributed by atoms with Crippen LogP contribution >= 0.6 is 0 Å². The summed E-state index contributed by atoms with van der Waals surface area (Å²) in [6, 6.07) is 13.7. The van der Waals surface area contributed by atoms with Gasteiger partial charge in [-0.2, -0.15) is 0 Å². The van der Waals surface area contributed by atoms with Gasteiger partial charge in [-0.05, 0) is 67.3 Å². The summed E-state index contributed by atoms with van der Waals surface area (Å²) in [5.74, 6) is -0.397. The first-order valence-electron chi connectivity index (χ1n) is 13.3. The third kappa shape index (κ3) is 6.67. The van der Waals surface area contributed by atoms with E-state index in [-0.39, 0.29) is 17.2 Å². The molecule has 0 bridgehead atoms. The molecule has 5 rings (SSSR count). The number of hydrogen-bond donors (Lipinski definition) is 3. The van der Waals surface area contributed by atoms with Gasteiger partial charge in [0.05, 0.1) is 17.3 Å². The molecule has 2 heterocycles. The molecule has 42 heavy (non-hydrogen) atoms. The Hall–Kier alpha value is -4.94. The fourth-order valence-electron chi connectivity index (χ4n) is 5.05. The molecule has 10 nitrogen and oxygen atoms in total. The minimum atomic E-state index is -4.91. The lowest BCUT2D eigenvalue weighted by atomic mass is 9.84. The van der Waals surface area contributed by atoms with E-state index in [9.17, 15) is 27.6 Å². The molecule has 3 amide bonds. The second kappa shape index (κ2) is 12.3. The van der Waals surface area contributed by atoms with Crippen molar-refractivity contribution in [2.24, 2.45) is 5.92 Å². The molecule has 13 heteroatoms. The number of nitrogens with zero attached hydrogens (tertiary/aromatic N) is 3. The summed E-state index contributed by atoms with van der Waals surface area (Å²) in [5, 5.41) is 16.2. The van der Waals surface area contributed by atoms with Crippen molar-refractivity contribution in [2.45, 2.75) is 44.5 Å². The van der Waals surface area contributed by atoms with Gasteiger partial charge in [0.2, 0.25) is 0 Å². The zero-order valence-corrected chi connectivity index (χ0v) is 22.2. The molecular formula is C29H27F3N6O4. The minimum Gasteiger partial charge on any atom is -0.404 e. The van der Waals surface area contributed by atoms with Crippen molar-refractivity contribution in [3.05, 3.63) is 72.4 Å². The molecule has 1 aliphatic carbocycles. The molecule has 0 saturated heterocycles. The van der Waals surface area contributed by atoms with E-state index in [0.29, 0.717) is 22.7 Å². The van der Waals surface area contributed by atoms with Gasteiger partial charge in [-0.1, -0.05) is 31.4 Å². The predicted octanol–water partition coefficient (Wildman–Crippen LogP) is 5.82. The molecule has 0 spiro atoms. The number of aromatic nitrogens is 3. The maximum atomic E-state index is 13.1. The molecule has 1 fully saturated rings. The van der Waals surface area contributed by atoms with Crippen molar-refractivity contribution in [1.29, 1.82) is 0 Å². The number of amides is 3. The summed E-state index contributed by atoms with van der Waals surface area (Å²) < 4.78 is 43.6. The third-order valence-electron chi connectivity index (χ3n) is 7.04. The summed E-state index contributed by atoms with van der Waals surface area (Å²) >= 11 is 0. The number of halogens is 3. The molecule has 2 aromatic carbocycles. The van der Waals surface area contributed by atoms with Gasteiger partial charge >= 0.3 is 12.4 Å². The van der Waals surface area contributed by atoms with Crippen molar-refractivity contribution in [3.63, 3.8) is 0 Å². The second-order valence-corrected chi connectivity index (χ2v) is 9.87. The fraction of sp³-hybridized carbons (Fsp3) is 0.276. The lowest BCUT2D eigenvalue weighted by molar-refractivity contribution is -0.274. The quantitative estimate of drug-likeness (QED) is 0.226. The molecule has 0 radical (unpaired) electrons. The summed E-state index contributed by atoms with van der Waals surface area (Å²) in [5.41, 5.74) is 1.44. The standard InChI is InChI=1S/C29H27F3N6O4/c30-29(31,32)42-24-11-5-4-10-22(24)35-28(41)33-20-14-12-19(13-15-20)25-36-37-26-21(9-6-16-38(25)26)27(40)34-23(17-39)18-7-2-1-3-8-18/h4-6,9-18,23H,1-3,7-8H2,(H,34,40)(H2,33,35,41)/t23-/m1/s1. The van der Waals surface area contributed by atoms with Gasteiger partial charge in [-0.25, -0.2) is 4.79 Å². The van der Waals surface area contributed by atoms with E-state index in [1.165, 1.54) is 18.2 Å². The topological polar surface area (TPSA) is 127 Å². The largest absolute Gasteiger partial charge is 0.573 e. The van der Waals surface area contributed by atoms with Crippen LogP contribution in [0.4, 0.5) is 29.3 Å². The Balaban J connectivity index is 1.28. The summed E-state index contributed by atoms with van der Waals surface area (Å²) in [6.45, 7) is 0. The number of alkyl halides is 3. The van der Waals surface area contributed by atoms with Gasteiger partial charge < -0.3 is 25.5 Å². The fourth-order valence-corrected chi connectivity index (χ4v) is 5.05. The Kier molecular flexibility index (Phi) is 8.36. The van der Waals surface area contributed by atoms with Gasteiger partial charge in [-0.15, -0.1) is 23.4 Å². The first kappa shape index (κ1) is 28.6. The highest BCUT2D eigenvalue weighted by Crippen LogP contribution is 2.30. The van der Waals surface area contributed by atoms with Gasteiger partial charge in [0.15, 0.2) is 17.2 Å². The predicted molar refractivity (Wildman–Crippen MR) is 148 cm³/mol. The number of para-hydroxylation sites is 2. The summed E-state index contributed by atoms with van der Waals surface area (Å²) in [7, 11) is 0. The van der Waals surface area contributed by atoms with Gasteiger partial charge in [0.1, 0.15) is 6.29 Å². The van der Waals surface area contributed by atoms with Crippen molar-refractivity contribution in [3.8, 4) is 17.1 Å². The van der Waals surface area contributed by atoms with Gasteiger partial charge in [0.25, 0.3) is 5.91 Å². The summed E-state index contributed by atoms with van der Waals surface area (Å²) in [6.07, 6.45) is 2.61. The SMILES string of the molecule is O=C[C@@H](NC(=O)c1cccn2c(-c3ccc(NC(=O)Nc4ccccc4OC(F)(F)F)cc3)nnc12)C1CCCCC1. The highest BCUT2D eigenvalue weighted by Gasteiger charge is 2.32. The lowest BCUT2D eigenvalue weighted by Gasteiger charge is -2.27. The van der Waals surface area contributed by atoms with Crippen LogP contribution in [0.2, 0.25) is 0 Å². The van der Waals surface area contributed by atoms with E-state index in [2.05, 4.69) is 30.9 Å². The van der Waals surface area contributed by atoms with Crippen molar-refractivity contribution in [2.75, 3.05) is 10.6 Å². The number of carbonyl (C=O) groups excluding carboxylic acids is 3. The van der Waals surface area contributed by atoms with E-state index in [1.807, 2.05) is 0 Å².